The zero-order valence-electron chi connectivity index (χ0n) is 12.8. The molecular formula is C16H23N3O2S. The minimum absolute atomic E-state index is 0.0893. The number of thioether (sulfide) groups is 1. The first kappa shape index (κ1) is 16.7. The van der Waals surface area contributed by atoms with E-state index in [0.717, 1.165) is 18.6 Å². The molecule has 0 aliphatic carbocycles. The Morgan fingerprint density at radius 1 is 1.36 bits per heavy atom. The molecule has 120 valence electrons. The molecule has 1 heterocycles. The maximum absolute atomic E-state index is 11.8. The van der Waals surface area contributed by atoms with Gasteiger partial charge in [0.1, 0.15) is 6.04 Å². The molecule has 0 radical (unpaired) electrons. The average molecular weight is 321 g/mol. The second kappa shape index (κ2) is 8.68. The molecule has 2 atom stereocenters. The van der Waals surface area contributed by atoms with E-state index in [4.69, 9.17) is 0 Å². The monoisotopic (exact) mass is 321 g/mol. The van der Waals surface area contributed by atoms with Crippen molar-refractivity contribution in [1.29, 1.82) is 0 Å². The van der Waals surface area contributed by atoms with Crippen molar-refractivity contribution in [1.82, 2.24) is 16.0 Å². The van der Waals surface area contributed by atoms with Crippen LogP contribution in [0.3, 0.4) is 0 Å². The second-order valence-electron chi connectivity index (χ2n) is 5.45. The molecule has 2 rings (SSSR count). The van der Waals surface area contributed by atoms with Gasteiger partial charge in [0.15, 0.2) is 0 Å². The molecule has 1 fully saturated rings. The third kappa shape index (κ3) is 5.26. The summed E-state index contributed by atoms with van der Waals surface area (Å²) in [4.78, 5) is 24.8. The number of piperidine rings is 1. The molecule has 3 N–H and O–H groups in total. The zero-order chi connectivity index (χ0) is 15.8. The first-order valence-electron chi connectivity index (χ1n) is 7.67. The minimum Gasteiger partial charge on any atom is -0.354 e. The van der Waals surface area contributed by atoms with E-state index < -0.39 is 6.04 Å². The van der Waals surface area contributed by atoms with Crippen LogP contribution in [0, 0.1) is 5.92 Å². The molecule has 1 aliphatic heterocycles. The fourth-order valence-electron chi connectivity index (χ4n) is 2.34. The number of urea groups is 1. The van der Waals surface area contributed by atoms with Gasteiger partial charge in [0.05, 0.1) is 0 Å². The Bertz CT molecular complexity index is 495. The molecular weight excluding hydrogens is 298 g/mol. The third-order valence-corrected chi connectivity index (χ3v) is 4.75. The number of amides is 3. The molecule has 5 nitrogen and oxygen atoms in total. The van der Waals surface area contributed by atoms with E-state index in [0.29, 0.717) is 13.1 Å². The van der Waals surface area contributed by atoms with Crippen LogP contribution in [0.15, 0.2) is 35.2 Å². The third-order valence-electron chi connectivity index (χ3n) is 3.66. The van der Waals surface area contributed by atoms with Crippen LogP contribution in [0.1, 0.15) is 19.8 Å². The van der Waals surface area contributed by atoms with Gasteiger partial charge in [-0.15, -0.1) is 11.8 Å². The summed E-state index contributed by atoms with van der Waals surface area (Å²) in [5, 5.41) is 8.35. The van der Waals surface area contributed by atoms with Crippen LogP contribution in [0.25, 0.3) is 0 Å². The van der Waals surface area contributed by atoms with Crippen molar-refractivity contribution in [2.45, 2.75) is 30.7 Å². The van der Waals surface area contributed by atoms with Crippen molar-refractivity contribution in [3.8, 4) is 0 Å². The van der Waals surface area contributed by atoms with Crippen molar-refractivity contribution in [2.75, 3.05) is 18.8 Å². The van der Waals surface area contributed by atoms with E-state index in [2.05, 4.69) is 28.1 Å². The fraction of sp³-hybridized carbons (Fsp3) is 0.500. The lowest BCUT2D eigenvalue weighted by Crippen LogP contribution is -2.56. The Hall–Kier alpha value is -1.69. The topological polar surface area (TPSA) is 70.2 Å². The van der Waals surface area contributed by atoms with E-state index in [9.17, 15) is 9.59 Å². The molecule has 0 spiro atoms. The van der Waals surface area contributed by atoms with Crippen molar-refractivity contribution >= 4 is 23.7 Å². The number of benzene rings is 1. The highest BCUT2D eigenvalue weighted by Gasteiger charge is 2.29. The van der Waals surface area contributed by atoms with Crippen molar-refractivity contribution in [3.05, 3.63) is 30.3 Å². The summed E-state index contributed by atoms with van der Waals surface area (Å²) in [7, 11) is 0. The highest BCUT2D eigenvalue weighted by Crippen LogP contribution is 2.17. The standard InChI is InChI=1S/C16H23N3O2S/c1-12-8-10-17-15(20)14(12)19-16(21)18-9-5-11-22-13-6-3-2-4-7-13/h2-4,6-7,12,14H,5,8-11H2,1H3,(H,17,20)(H2,18,19,21)/t12-,14-/m0/s1. The number of hydrogen-bond donors (Lipinski definition) is 3. The molecule has 22 heavy (non-hydrogen) atoms. The number of hydrogen-bond acceptors (Lipinski definition) is 3. The predicted octanol–water partition coefficient (Wildman–Crippen LogP) is 1.99. The predicted molar refractivity (Wildman–Crippen MR) is 88.9 cm³/mol. The summed E-state index contributed by atoms with van der Waals surface area (Å²) >= 11 is 1.77. The van der Waals surface area contributed by atoms with Crippen LogP contribution >= 0.6 is 11.8 Å². The Morgan fingerprint density at radius 2 is 2.14 bits per heavy atom. The quantitative estimate of drug-likeness (QED) is 0.554. The second-order valence-corrected chi connectivity index (χ2v) is 6.62. The largest absolute Gasteiger partial charge is 0.354 e. The van der Waals surface area contributed by atoms with Crippen LogP contribution in [0.5, 0.6) is 0 Å². The number of rotatable bonds is 6. The molecule has 6 heteroatoms. The van der Waals surface area contributed by atoms with Gasteiger partial charge in [0, 0.05) is 18.0 Å². The molecule has 3 amide bonds. The van der Waals surface area contributed by atoms with Gasteiger partial charge in [-0.2, -0.15) is 0 Å². The lowest BCUT2D eigenvalue weighted by molar-refractivity contribution is -0.125. The van der Waals surface area contributed by atoms with Gasteiger partial charge in [-0.3, -0.25) is 4.79 Å². The van der Waals surface area contributed by atoms with Gasteiger partial charge < -0.3 is 16.0 Å². The lowest BCUT2D eigenvalue weighted by Gasteiger charge is -2.28. The molecule has 0 unspecified atom stereocenters. The van der Waals surface area contributed by atoms with Gasteiger partial charge in [-0.1, -0.05) is 25.1 Å². The highest BCUT2D eigenvalue weighted by atomic mass is 32.2. The van der Waals surface area contributed by atoms with E-state index in [1.807, 2.05) is 25.1 Å². The summed E-state index contributed by atoms with van der Waals surface area (Å²) in [6.07, 6.45) is 1.78. The molecule has 1 saturated heterocycles. The molecule has 0 saturated carbocycles. The summed E-state index contributed by atoms with van der Waals surface area (Å²) < 4.78 is 0. The fourth-order valence-corrected chi connectivity index (χ4v) is 3.21. The van der Waals surface area contributed by atoms with E-state index in [-0.39, 0.29) is 17.9 Å². The summed E-state index contributed by atoms with van der Waals surface area (Å²) in [5.41, 5.74) is 0. The first-order valence-corrected chi connectivity index (χ1v) is 8.65. The molecule has 0 aromatic heterocycles. The van der Waals surface area contributed by atoms with Gasteiger partial charge in [0.2, 0.25) is 5.91 Å². The first-order chi connectivity index (χ1) is 10.7. The van der Waals surface area contributed by atoms with Gasteiger partial charge in [-0.05, 0) is 36.6 Å². The van der Waals surface area contributed by atoms with E-state index in [1.165, 1.54) is 4.90 Å². The molecule has 0 bridgehead atoms. The van der Waals surface area contributed by atoms with Crippen LogP contribution in [0.2, 0.25) is 0 Å². The van der Waals surface area contributed by atoms with Gasteiger partial charge in [-0.25, -0.2) is 4.79 Å². The van der Waals surface area contributed by atoms with E-state index >= 15 is 0 Å². The average Bonchev–Trinajstić information content (AvgIpc) is 2.52. The van der Waals surface area contributed by atoms with E-state index in [1.54, 1.807) is 11.8 Å². The van der Waals surface area contributed by atoms with Crippen molar-refractivity contribution in [3.63, 3.8) is 0 Å². The summed E-state index contributed by atoms with van der Waals surface area (Å²) in [5.74, 6) is 1.03. The lowest BCUT2D eigenvalue weighted by atomic mass is 9.94. The van der Waals surface area contributed by atoms with Gasteiger partial charge >= 0.3 is 6.03 Å². The SMILES string of the molecule is C[C@H]1CCNC(=O)[C@H]1NC(=O)NCCCSc1ccccc1. The summed E-state index contributed by atoms with van der Waals surface area (Å²) in [6.45, 7) is 3.28. The minimum atomic E-state index is -0.424. The van der Waals surface area contributed by atoms with Crippen molar-refractivity contribution < 1.29 is 9.59 Å². The summed E-state index contributed by atoms with van der Waals surface area (Å²) in [6, 6.07) is 9.50. The van der Waals surface area contributed by atoms with Crippen LogP contribution in [-0.4, -0.2) is 36.8 Å². The Morgan fingerprint density at radius 3 is 2.86 bits per heavy atom. The van der Waals surface area contributed by atoms with Crippen LogP contribution < -0.4 is 16.0 Å². The van der Waals surface area contributed by atoms with Gasteiger partial charge in [0.25, 0.3) is 0 Å². The Kier molecular flexibility index (Phi) is 6.58. The Balaban J connectivity index is 1.60. The molecule has 1 aromatic rings. The van der Waals surface area contributed by atoms with Crippen LogP contribution in [-0.2, 0) is 4.79 Å². The van der Waals surface area contributed by atoms with Crippen molar-refractivity contribution in [2.24, 2.45) is 5.92 Å². The number of nitrogens with one attached hydrogen (secondary N) is 3. The maximum atomic E-state index is 11.8. The highest BCUT2D eigenvalue weighted by molar-refractivity contribution is 7.99. The zero-order valence-corrected chi connectivity index (χ0v) is 13.6. The normalized spacial score (nSPS) is 21.0. The molecule has 1 aromatic carbocycles. The number of carbonyl (C=O) groups excluding carboxylic acids is 2. The Labute approximate surface area is 135 Å². The number of carbonyl (C=O) groups is 2. The molecule has 1 aliphatic rings. The van der Waals surface area contributed by atoms with Crippen LogP contribution in [0.4, 0.5) is 4.79 Å². The maximum Gasteiger partial charge on any atom is 0.315 e. The smallest absolute Gasteiger partial charge is 0.315 e.